The maximum absolute atomic E-state index is 9.75. The summed E-state index contributed by atoms with van der Waals surface area (Å²) in [5, 5.41) is 0. The van der Waals surface area contributed by atoms with E-state index in [2.05, 4.69) is 86.6 Å². The average Bonchev–Trinajstić information content (AvgIpc) is 2.87. The SMILES string of the molecule is CCc1ccc(-c2cc(-c3ccc(OC)cc3)cc(-c3ccc(CC)cc3)[o+]2)cc1.F[B-](F)(F)F. The van der Waals surface area contributed by atoms with Crippen LogP contribution in [0.4, 0.5) is 17.3 Å². The van der Waals surface area contributed by atoms with Crippen molar-refractivity contribution in [2.75, 3.05) is 7.11 Å². The maximum atomic E-state index is 9.75. The molecule has 35 heavy (non-hydrogen) atoms. The van der Waals surface area contributed by atoms with E-state index >= 15 is 0 Å². The monoisotopic (exact) mass is 482 g/mol. The lowest BCUT2D eigenvalue weighted by Crippen LogP contribution is -2.02. The lowest BCUT2D eigenvalue weighted by Gasteiger charge is -2.05. The van der Waals surface area contributed by atoms with E-state index in [9.17, 15) is 17.3 Å². The highest BCUT2D eigenvalue weighted by atomic mass is 19.5. The molecular formula is C28H27BF4O2. The van der Waals surface area contributed by atoms with E-state index in [0.717, 1.165) is 52.4 Å². The van der Waals surface area contributed by atoms with Gasteiger partial charge in [0.05, 0.1) is 30.4 Å². The standard InChI is InChI=1S/C28H27O2.BF4/c1-4-20-6-10-23(11-7-20)27-18-25(22-14-16-26(29-3)17-15-22)19-28(30-27)24-12-8-21(5-2)9-13-24;2-1(3,4)5/h6-19H,4-5H2,1-3H3;/q+1;-1. The fourth-order valence-corrected chi connectivity index (χ4v) is 3.55. The molecule has 4 rings (SSSR count). The maximum Gasteiger partial charge on any atom is 0.673 e. The van der Waals surface area contributed by atoms with Crippen molar-refractivity contribution in [3.63, 3.8) is 0 Å². The minimum atomic E-state index is -6.00. The summed E-state index contributed by atoms with van der Waals surface area (Å²) in [4.78, 5) is 0. The molecule has 3 aromatic carbocycles. The smallest absolute Gasteiger partial charge is 0.497 e. The molecular weight excluding hydrogens is 455 g/mol. The lowest BCUT2D eigenvalue weighted by molar-refractivity contribution is 0.368. The first-order valence-electron chi connectivity index (χ1n) is 11.4. The van der Waals surface area contributed by atoms with Gasteiger partial charge in [-0.3, -0.25) is 0 Å². The minimum Gasteiger partial charge on any atom is -0.497 e. The Bertz CT molecular complexity index is 1060. The molecule has 0 aliphatic carbocycles. The molecule has 0 N–H and O–H groups in total. The first-order valence-corrected chi connectivity index (χ1v) is 11.4. The number of methoxy groups -OCH3 is 1. The summed E-state index contributed by atoms with van der Waals surface area (Å²) in [5.74, 6) is 2.58. The van der Waals surface area contributed by atoms with Gasteiger partial charge in [0, 0.05) is 5.56 Å². The molecule has 0 aliphatic rings. The van der Waals surface area contributed by atoms with Gasteiger partial charge in [-0.05, 0) is 65.9 Å². The van der Waals surface area contributed by atoms with Gasteiger partial charge in [0.2, 0.25) is 0 Å². The molecule has 7 heteroatoms. The van der Waals surface area contributed by atoms with Crippen LogP contribution >= 0.6 is 0 Å². The zero-order valence-corrected chi connectivity index (χ0v) is 19.9. The molecule has 0 unspecified atom stereocenters. The molecule has 0 spiro atoms. The Balaban J connectivity index is 0.000000623. The first kappa shape index (κ1) is 26.0. The van der Waals surface area contributed by atoms with E-state index in [1.807, 2.05) is 12.1 Å². The van der Waals surface area contributed by atoms with Crippen molar-refractivity contribution >= 4 is 7.25 Å². The van der Waals surface area contributed by atoms with Crippen LogP contribution in [0.1, 0.15) is 25.0 Å². The number of benzene rings is 3. The Morgan fingerprint density at radius 1 is 0.600 bits per heavy atom. The molecule has 4 aromatic rings. The van der Waals surface area contributed by atoms with Crippen molar-refractivity contribution in [1.82, 2.24) is 0 Å². The summed E-state index contributed by atoms with van der Waals surface area (Å²) in [6, 6.07) is 29.6. The Kier molecular flexibility index (Phi) is 8.69. The van der Waals surface area contributed by atoms with Gasteiger partial charge in [0.15, 0.2) is 0 Å². The fourth-order valence-electron chi connectivity index (χ4n) is 3.55. The summed E-state index contributed by atoms with van der Waals surface area (Å²) < 4.78 is 50.7. The second-order valence-electron chi connectivity index (χ2n) is 7.90. The van der Waals surface area contributed by atoms with Gasteiger partial charge in [-0.2, -0.15) is 0 Å². The van der Waals surface area contributed by atoms with Gasteiger partial charge in [0.1, 0.15) is 5.75 Å². The highest BCUT2D eigenvalue weighted by molar-refractivity contribution is 6.50. The molecule has 0 bridgehead atoms. The largest absolute Gasteiger partial charge is 0.673 e. The normalized spacial score (nSPS) is 10.9. The van der Waals surface area contributed by atoms with Crippen LogP contribution in [0.5, 0.6) is 5.75 Å². The topological polar surface area (TPSA) is 20.5 Å². The van der Waals surface area contributed by atoms with E-state index in [4.69, 9.17) is 9.15 Å². The van der Waals surface area contributed by atoms with E-state index in [0.29, 0.717) is 0 Å². The average molecular weight is 482 g/mol. The summed E-state index contributed by atoms with van der Waals surface area (Å²) in [6.07, 6.45) is 2.05. The molecule has 2 nitrogen and oxygen atoms in total. The van der Waals surface area contributed by atoms with E-state index in [-0.39, 0.29) is 0 Å². The van der Waals surface area contributed by atoms with Crippen molar-refractivity contribution in [3.05, 3.63) is 96.1 Å². The van der Waals surface area contributed by atoms with E-state index in [1.54, 1.807) is 7.11 Å². The number of hydrogen-bond donors (Lipinski definition) is 0. The number of rotatable bonds is 6. The third-order valence-corrected chi connectivity index (χ3v) is 5.51. The third kappa shape index (κ3) is 7.71. The first-order chi connectivity index (χ1) is 16.7. The second-order valence-corrected chi connectivity index (χ2v) is 7.90. The Labute approximate surface area is 203 Å². The summed E-state index contributed by atoms with van der Waals surface area (Å²) in [5.41, 5.74) is 7.04. The number of hydrogen-bond acceptors (Lipinski definition) is 1. The number of aryl methyl sites for hydroxylation is 2. The summed E-state index contributed by atoms with van der Waals surface area (Å²) >= 11 is 0. The zero-order chi connectivity index (χ0) is 25.4. The lowest BCUT2D eigenvalue weighted by atomic mass is 10.0. The van der Waals surface area contributed by atoms with Gasteiger partial charge in [-0.1, -0.05) is 50.2 Å². The Morgan fingerprint density at radius 2 is 0.971 bits per heavy atom. The van der Waals surface area contributed by atoms with Crippen LogP contribution in [0, 0.1) is 0 Å². The molecule has 182 valence electrons. The molecule has 0 atom stereocenters. The van der Waals surface area contributed by atoms with Crippen LogP contribution < -0.4 is 4.74 Å². The van der Waals surface area contributed by atoms with Crippen molar-refractivity contribution in [2.45, 2.75) is 26.7 Å². The predicted molar refractivity (Wildman–Crippen MR) is 135 cm³/mol. The predicted octanol–water partition coefficient (Wildman–Crippen LogP) is 9.00. The highest BCUT2D eigenvalue weighted by Gasteiger charge is 2.21. The molecule has 1 heterocycles. The van der Waals surface area contributed by atoms with Crippen molar-refractivity contribution in [1.29, 1.82) is 0 Å². The number of ether oxygens (including phenoxy) is 1. The van der Waals surface area contributed by atoms with Crippen LogP contribution in [0.3, 0.4) is 0 Å². The molecule has 0 aliphatic heterocycles. The summed E-state index contributed by atoms with van der Waals surface area (Å²) in [7, 11) is -4.31. The van der Waals surface area contributed by atoms with Crippen LogP contribution in [-0.4, -0.2) is 14.4 Å². The molecule has 0 amide bonds. The van der Waals surface area contributed by atoms with Crippen molar-refractivity contribution in [3.8, 4) is 39.5 Å². The van der Waals surface area contributed by atoms with Crippen LogP contribution in [0.15, 0.2) is 89.3 Å². The minimum absolute atomic E-state index is 0.852. The Morgan fingerprint density at radius 3 is 1.31 bits per heavy atom. The molecule has 0 fully saturated rings. The third-order valence-electron chi connectivity index (χ3n) is 5.51. The zero-order valence-electron chi connectivity index (χ0n) is 19.9. The molecule has 0 saturated carbocycles. The highest BCUT2D eigenvalue weighted by Crippen LogP contribution is 2.33. The van der Waals surface area contributed by atoms with Gasteiger partial charge in [-0.15, -0.1) is 0 Å². The van der Waals surface area contributed by atoms with Gasteiger partial charge >= 0.3 is 18.8 Å². The Hall–Kier alpha value is -3.61. The van der Waals surface area contributed by atoms with E-state index < -0.39 is 7.25 Å². The second kappa shape index (κ2) is 11.7. The van der Waals surface area contributed by atoms with Gasteiger partial charge in [0.25, 0.3) is 0 Å². The quantitative estimate of drug-likeness (QED) is 0.155. The van der Waals surface area contributed by atoms with Crippen molar-refractivity contribution in [2.24, 2.45) is 0 Å². The molecule has 0 saturated heterocycles. The van der Waals surface area contributed by atoms with Gasteiger partial charge < -0.3 is 22.0 Å². The molecule has 0 radical (unpaired) electrons. The van der Waals surface area contributed by atoms with Crippen molar-refractivity contribution < 1.29 is 26.4 Å². The van der Waals surface area contributed by atoms with Crippen LogP contribution in [0.25, 0.3) is 33.8 Å². The number of halogens is 4. The molecule has 1 aromatic heterocycles. The van der Waals surface area contributed by atoms with Gasteiger partial charge in [-0.25, -0.2) is 4.42 Å². The van der Waals surface area contributed by atoms with E-state index in [1.165, 1.54) is 11.1 Å². The van der Waals surface area contributed by atoms with Crippen LogP contribution in [-0.2, 0) is 12.8 Å². The van der Waals surface area contributed by atoms with Crippen LogP contribution in [0.2, 0.25) is 0 Å². The fraction of sp³-hybridized carbons (Fsp3) is 0.179. The summed E-state index contributed by atoms with van der Waals surface area (Å²) in [6.45, 7) is 4.34.